The standard InChI is InChI=1S/C20H21NO3S.ClH/c1-2-14-3-5-15(6-4-14)11-12-24-17-9-7-16(8-10-17)13-18-19(22)21-20(23)25-18;/h3-10,18H,2,11-13H2,1H3,(H,21,22,23);1H. The van der Waals surface area contributed by atoms with Crippen molar-refractivity contribution in [3.05, 3.63) is 65.2 Å². The molecule has 1 atom stereocenters. The van der Waals surface area contributed by atoms with E-state index < -0.39 is 0 Å². The minimum Gasteiger partial charge on any atom is -0.493 e. The van der Waals surface area contributed by atoms with Crippen LogP contribution in [0.5, 0.6) is 5.75 Å². The number of imide groups is 1. The molecule has 1 heterocycles. The van der Waals surface area contributed by atoms with Crippen LogP contribution in [0.1, 0.15) is 23.6 Å². The van der Waals surface area contributed by atoms with Crippen LogP contribution < -0.4 is 10.1 Å². The fourth-order valence-electron chi connectivity index (χ4n) is 2.69. The molecule has 1 aliphatic heterocycles. The highest BCUT2D eigenvalue weighted by Crippen LogP contribution is 2.23. The number of nitrogens with one attached hydrogen (secondary N) is 1. The van der Waals surface area contributed by atoms with Crippen molar-refractivity contribution in [2.45, 2.75) is 31.4 Å². The Kier molecular flexibility index (Phi) is 7.54. The zero-order chi connectivity index (χ0) is 17.6. The Bertz CT molecular complexity index is 747. The van der Waals surface area contributed by atoms with Crippen molar-refractivity contribution in [1.82, 2.24) is 5.32 Å². The molecule has 26 heavy (non-hydrogen) atoms. The molecule has 0 bridgehead atoms. The van der Waals surface area contributed by atoms with E-state index in [0.29, 0.717) is 13.0 Å². The van der Waals surface area contributed by atoms with Crippen molar-refractivity contribution in [2.75, 3.05) is 6.61 Å². The monoisotopic (exact) mass is 391 g/mol. The molecule has 2 aromatic carbocycles. The topological polar surface area (TPSA) is 55.4 Å². The first-order valence-corrected chi connectivity index (χ1v) is 9.33. The number of rotatable bonds is 7. The summed E-state index contributed by atoms with van der Waals surface area (Å²) in [5.41, 5.74) is 3.63. The Labute approximate surface area is 164 Å². The van der Waals surface area contributed by atoms with E-state index in [0.717, 1.165) is 35.9 Å². The Hall–Kier alpha value is -1.98. The highest BCUT2D eigenvalue weighted by Gasteiger charge is 2.31. The van der Waals surface area contributed by atoms with Crippen LogP contribution in [0, 0.1) is 0 Å². The number of halogens is 1. The number of benzene rings is 2. The van der Waals surface area contributed by atoms with E-state index in [9.17, 15) is 9.59 Å². The molecule has 4 nitrogen and oxygen atoms in total. The summed E-state index contributed by atoms with van der Waals surface area (Å²) >= 11 is 1.06. The maximum atomic E-state index is 11.6. The third-order valence-electron chi connectivity index (χ3n) is 4.20. The second kappa shape index (κ2) is 9.64. The van der Waals surface area contributed by atoms with Crippen molar-refractivity contribution in [3.63, 3.8) is 0 Å². The Morgan fingerprint density at radius 2 is 1.58 bits per heavy atom. The van der Waals surface area contributed by atoms with Crippen LogP contribution in [0.4, 0.5) is 4.79 Å². The molecule has 0 aliphatic carbocycles. The van der Waals surface area contributed by atoms with Crippen LogP contribution in [0.15, 0.2) is 48.5 Å². The first kappa shape index (κ1) is 20.3. The van der Waals surface area contributed by atoms with Gasteiger partial charge in [0.25, 0.3) is 5.24 Å². The van der Waals surface area contributed by atoms with Crippen LogP contribution in [0.25, 0.3) is 0 Å². The van der Waals surface area contributed by atoms with Crippen LogP contribution in [-0.2, 0) is 24.1 Å². The summed E-state index contributed by atoms with van der Waals surface area (Å²) in [6.07, 6.45) is 2.47. The lowest BCUT2D eigenvalue weighted by Gasteiger charge is -2.09. The molecule has 1 aliphatic rings. The number of amides is 2. The average Bonchev–Trinajstić information content (AvgIpc) is 2.94. The van der Waals surface area contributed by atoms with Gasteiger partial charge in [-0.05, 0) is 41.7 Å². The van der Waals surface area contributed by atoms with Gasteiger partial charge in [0.2, 0.25) is 5.91 Å². The molecule has 2 amide bonds. The predicted octanol–water partition coefficient (Wildman–Crippen LogP) is 4.19. The lowest BCUT2D eigenvalue weighted by Crippen LogP contribution is -2.25. The summed E-state index contributed by atoms with van der Waals surface area (Å²) in [6.45, 7) is 2.78. The number of carbonyl (C=O) groups is 2. The van der Waals surface area contributed by atoms with Gasteiger partial charge in [-0.2, -0.15) is 0 Å². The molecule has 138 valence electrons. The zero-order valence-corrected chi connectivity index (χ0v) is 16.2. The summed E-state index contributed by atoms with van der Waals surface area (Å²) < 4.78 is 5.79. The summed E-state index contributed by atoms with van der Waals surface area (Å²) in [5.74, 6) is 0.609. The Morgan fingerprint density at radius 1 is 0.962 bits per heavy atom. The molecule has 6 heteroatoms. The van der Waals surface area contributed by atoms with Gasteiger partial charge in [-0.1, -0.05) is 55.1 Å². The van der Waals surface area contributed by atoms with Gasteiger partial charge in [-0.25, -0.2) is 0 Å². The van der Waals surface area contributed by atoms with Gasteiger partial charge in [-0.15, -0.1) is 12.4 Å². The van der Waals surface area contributed by atoms with E-state index in [-0.39, 0.29) is 28.8 Å². The molecule has 1 unspecified atom stereocenters. The zero-order valence-electron chi connectivity index (χ0n) is 14.6. The van der Waals surface area contributed by atoms with E-state index in [4.69, 9.17) is 4.74 Å². The molecule has 0 saturated carbocycles. The quantitative estimate of drug-likeness (QED) is 0.769. The second-order valence-electron chi connectivity index (χ2n) is 6.00. The molecule has 0 aromatic heterocycles. The first-order valence-electron chi connectivity index (χ1n) is 8.45. The SMILES string of the molecule is CCc1ccc(CCOc2ccc(CC3SC(=O)NC3=O)cc2)cc1.Cl. The fraction of sp³-hybridized carbons (Fsp3) is 0.300. The molecule has 0 radical (unpaired) electrons. The molecule has 2 aromatic rings. The van der Waals surface area contributed by atoms with Gasteiger partial charge in [-0.3, -0.25) is 14.9 Å². The first-order chi connectivity index (χ1) is 12.1. The smallest absolute Gasteiger partial charge is 0.286 e. The predicted molar refractivity (Wildman–Crippen MR) is 107 cm³/mol. The number of aryl methyl sites for hydroxylation is 1. The second-order valence-corrected chi connectivity index (χ2v) is 7.18. The highest BCUT2D eigenvalue weighted by atomic mass is 35.5. The fourth-order valence-corrected chi connectivity index (χ4v) is 3.55. The largest absolute Gasteiger partial charge is 0.493 e. The lowest BCUT2D eigenvalue weighted by atomic mass is 10.1. The minimum absolute atomic E-state index is 0. The normalized spacial score (nSPS) is 16.1. The van der Waals surface area contributed by atoms with Crippen molar-refractivity contribution in [1.29, 1.82) is 0 Å². The molecule has 1 N–H and O–H groups in total. The molecule has 1 saturated heterocycles. The number of hydrogen-bond acceptors (Lipinski definition) is 4. The van der Waals surface area contributed by atoms with E-state index in [2.05, 4.69) is 36.5 Å². The van der Waals surface area contributed by atoms with Crippen LogP contribution >= 0.6 is 24.2 Å². The van der Waals surface area contributed by atoms with Gasteiger partial charge in [0.05, 0.1) is 11.9 Å². The number of hydrogen-bond donors (Lipinski definition) is 1. The van der Waals surface area contributed by atoms with Gasteiger partial charge in [0, 0.05) is 6.42 Å². The van der Waals surface area contributed by atoms with Crippen LogP contribution in [0.2, 0.25) is 0 Å². The molecule has 1 fully saturated rings. The molecule has 3 rings (SSSR count). The highest BCUT2D eigenvalue weighted by molar-refractivity contribution is 8.15. The number of carbonyl (C=O) groups excluding carboxylic acids is 2. The van der Waals surface area contributed by atoms with E-state index in [1.165, 1.54) is 11.1 Å². The summed E-state index contributed by atoms with van der Waals surface area (Å²) in [6, 6.07) is 16.3. The summed E-state index contributed by atoms with van der Waals surface area (Å²) in [5, 5.41) is 1.72. The number of ether oxygens (including phenoxy) is 1. The lowest BCUT2D eigenvalue weighted by molar-refractivity contribution is -0.118. The van der Waals surface area contributed by atoms with E-state index in [1.54, 1.807) is 0 Å². The third kappa shape index (κ3) is 5.51. The average molecular weight is 392 g/mol. The Balaban J connectivity index is 0.00000243. The van der Waals surface area contributed by atoms with Crippen molar-refractivity contribution < 1.29 is 14.3 Å². The van der Waals surface area contributed by atoms with Gasteiger partial charge in [0.15, 0.2) is 0 Å². The van der Waals surface area contributed by atoms with Crippen molar-refractivity contribution in [2.24, 2.45) is 0 Å². The van der Waals surface area contributed by atoms with E-state index in [1.807, 2.05) is 24.3 Å². The molecular weight excluding hydrogens is 370 g/mol. The number of thioether (sulfide) groups is 1. The van der Waals surface area contributed by atoms with Gasteiger partial charge < -0.3 is 4.74 Å². The van der Waals surface area contributed by atoms with Gasteiger partial charge >= 0.3 is 0 Å². The molecule has 0 spiro atoms. The van der Waals surface area contributed by atoms with Crippen molar-refractivity contribution in [3.8, 4) is 5.75 Å². The van der Waals surface area contributed by atoms with E-state index >= 15 is 0 Å². The summed E-state index contributed by atoms with van der Waals surface area (Å²) in [4.78, 5) is 22.8. The van der Waals surface area contributed by atoms with Crippen LogP contribution in [0.3, 0.4) is 0 Å². The third-order valence-corrected chi connectivity index (χ3v) is 5.18. The van der Waals surface area contributed by atoms with Gasteiger partial charge in [0.1, 0.15) is 5.75 Å². The van der Waals surface area contributed by atoms with Crippen molar-refractivity contribution >= 4 is 35.3 Å². The maximum absolute atomic E-state index is 11.6. The van der Waals surface area contributed by atoms with Crippen LogP contribution in [-0.4, -0.2) is 23.0 Å². The Morgan fingerprint density at radius 3 is 2.15 bits per heavy atom. The molecular formula is C20H22ClNO3S. The minimum atomic E-state index is -0.328. The summed E-state index contributed by atoms with van der Waals surface area (Å²) in [7, 11) is 0. The maximum Gasteiger partial charge on any atom is 0.286 e.